The number of alkyl halides is 3. The Morgan fingerprint density at radius 2 is 1.77 bits per heavy atom. The maximum atomic E-state index is 14.8. The Balaban J connectivity index is 1.39. The lowest BCUT2D eigenvalue weighted by atomic mass is 9.84. The van der Waals surface area contributed by atoms with Gasteiger partial charge in [0.15, 0.2) is 0 Å². The summed E-state index contributed by atoms with van der Waals surface area (Å²) in [6, 6.07) is 18.7. The molecule has 2 aliphatic rings. The molecule has 0 radical (unpaired) electrons. The van der Waals surface area contributed by atoms with Gasteiger partial charge in [0.1, 0.15) is 11.6 Å². The third-order valence-corrected chi connectivity index (χ3v) is 7.89. The summed E-state index contributed by atoms with van der Waals surface area (Å²) < 4.78 is 58.9. The summed E-state index contributed by atoms with van der Waals surface area (Å²) in [5.41, 5.74) is 1.58. The summed E-state index contributed by atoms with van der Waals surface area (Å²) >= 11 is 0. The van der Waals surface area contributed by atoms with Crippen molar-refractivity contribution in [3.63, 3.8) is 0 Å². The summed E-state index contributed by atoms with van der Waals surface area (Å²) in [5.74, 6) is -3.40. The highest BCUT2D eigenvalue weighted by atomic mass is 19.4. The van der Waals surface area contributed by atoms with E-state index in [1.54, 1.807) is 4.90 Å². The average molecular weight is 609 g/mol. The monoisotopic (exact) mass is 608 g/mol. The van der Waals surface area contributed by atoms with Gasteiger partial charge < -0.3 is 15.0 Å². The van der Waals surface area contributed by atoms with Crippen LogP contribution < -0.4 is 15.4 Å². The fourth-order valence-electron chi connectivity index (χ4n) is 5.81. The first kappa shape index (κ1) is 30.7. The molecule has 0 aromatic heterocycles. The molecular formula is C32H28F4N4O4. The van der Waals surface area contributed by atoms with Crippen molar-refractivity contribution in [2.24, 2.45) is 5.92 Å². The summed E-state index contributed by atoms with van der Waals surface area (Å²) in [5, 5.41) is 14.6. The van der Waals surface area contributed by atoms with Gasteiger partial charge in [-0.3, -0.25) is 19.7 Å². The maximum absolute atomic E-state index is 14.8. The first-order chi connectivity index (χ1) is 21.0. The number of nitrogens with one attached hydrogen (secondary N) is 2. The van der Waals surface area contributed by atoms with Crippen LogP contribution in [-0.4, -0.2) is 48.1 Å². The van der Waals surface area contributed by atoms with E-state index in [-0.39, 0.29) is 60.5 Å². The van der Waals surface area contributed by atoms with Crippen molar-refractivity contribution in [1.29, 1.82) is 5.26 Å². The molecule has 2 fully saturated rings. The lowest BCUT2D eigenvalue weighted by Gasteiger charge is -2.41. The first-order valence-electron chi connectivity index (χ1n) is 14.0. The standard InChI is InChI=1S/C32H28F4N4O4/c33-26-12-19(16-37)6-8-24(26)21-7-9-28(44-32(34,35)36)23(13-21)17-38-27-10-11-40(18-25(27)20-4-2-1-3-5-20)31(43)22-14-29(41)39-30(42)15-22/h1-9,12-13,22,25,27,38H,10-11,14-15,17-18H2,(H,39,41,42)/t25-,27-/m0/s1. The van der Waals surface area contributed by atoms with Gasteiger partial charge in [0.2, 0.25) is 17.7 Å². The first-order valence-corrected chi connectivity index (χ1v) is 14.0. The average Bonchev–Trinajstić information content (AvgIpc) is 2.99. The van der Waals surface area contributed by atoms with Crippen molar-refractivity contribution in [3.05, 3.63) is 89.2 Å². The number of piperidine rings is 2. The molecule has 2 aliphatic heterocycles. The number of amides is 3. The molecule has 44 heavy (non-hydrogen) atoms. The Labute approximate surface area is 250 Å². The second-order valence-corrected chi connectivity index (χ2v) is 10.8. The number of nitriles is 1. The Kier molecular flexibility index (Phi) is 8.96. The quantitative estimate of drug-likeness (QED) is 0.295. The van der Waals surface area contributed by atoms with Crippen molar-refractivity contribution in [1.82, 2.24) is 15.5 Å². The third-order valence-electron chi connectivity index (χ3n) is 7.89. The zero-order valence-electron chi connectivity index (χ0n) is 23.4. The summed E-state index contributed by atoms with van der Waals surface area (Å²) in [7, 11) is 0. The lowest BCUT2D eigenvalue weighted by molar-refractivity contribution is -0.274. The number of imide groups is 1. The van der Waals surface area contributed by atoms with Gasteiger partial charge in [0, 0.05) is 55.6 Å². The molecule has 3 aromatic rings. The number of halogens is 4. The second kappa shape index (κ2) is 12.9. The summed E-state index contributed by atoms with van der Waals surface area (Å²) in [4.78, 5) is 38.7. The van der Waals surface area contributed by atoms with Crippen LogP contribution in [0.4, 0.5) is 17.6 Å². The van der Waals surface area contributed by atoms with Crippen molar-refractivity contribution in [2.75, 3.05) is 13.1 Å². The highest BCUT2D eigenvalue weighted by Gasteiger charge is 2.38. The number of carbonyl (C=O) groups is 3. The molecule has 8 nitrogen and oxygen atoms in total. The minimum absolute atomic E-state index is 0.0591. The molecule has 0 spiro atoms. The Bertz CT molecular complexity index is 1590. The van der Waals surface area contributed by atoms with Crippen molar-refractivity contribution >= 4 is 17.7 Å². The highest BCUT2D eigenvalue weighted by molar-refractivity contribution is 6.02. The lowest BCUT2D eigenvalue weighted by Crippen LogP contribution is -2.52. The molecule has 2 saturated heterocycles. The predicted molar refractivity (Wildman–Crippen MR) is 150 cm³/mol. The van der Waals surface area contributed by atoms with Gasteiger partial charge in [-0.1, -0.05) is 42.5 Å². The molecule has 0 aliphatic carbocycles. The van der Waals surface area contributed by atoms with E-state index >= 15 is 0 Å². The van der Waals surface area contributed by atoms with E-state index in [4.69, 9.17) is 5.26 Å². The van der Waals surface area contributed by atoms with Crippen LogP contribution in [0, 0.1) is 23.1 Å². The molecule has 2 heterocycles. The van der Waals surface area contributed by atoms with Crippen molar-refractivity contribution in [3.8, 4) is 22.9 Å². The minimum atomic E-state index is -4.95. The fraction of sp³-hybridized carbons (Fsp3) is 0.312. The van der Waals surface area contributed by atoms with E-state index < -0.39 is 35.7 Å². The van der Waals surface area contributed by atoms with Gasteiger partial charge in [-0.2, -0.15) is 5.26 Å². The zero-order chi connectivity index (χ0) is 31.4. The third kappa shape index (κ3) is 7.23. The van der Waals surface area contributed by atoms with Gasteiger partial charge in [-0.15, -0.1) is 13.2 Å². The van der Waals surface area contributed by atoms with Gasteiger partial charge >= 0.3 is 6.36 Å². The number of hydrogen-bond donors (Lipinski definition) is 2. The predicted octanol–water partition coefficient (Wildman–Crippen LogP) is 4.79. The highest BCUT2D eigenvalue weighted by Crippen LogP contribution is 2.34. The number of likely N-dealkylation sites (tertiary alicyclic amines) is 1. The molecule has 2 atom stereocenters. The Morgan fingerprint density at radius 1 is 1.05 bits per heavy atom. The van der Waals surface area contributed by atoms with E-state index in [0.29, 0.717) is 18.5 Å². The van der Waals surface area contributed by atoms with Crippen molar-refractivity contribution in [2.45, 2.75) is 44.1 Å². The number of carbonyl (C=O) groups excluding carboxylic acids is 3. The smallest absolute Gasteiger partial charge is 0.405 e. The largest absolute Gasteiger partial charge is 0.573 e. The molecule has 3 aromatic carbocycles. The van der Waals surface area contributed by atoms with E-state index in [2.05, 4.69) is 15.4 Å². The molecule has 0 unspecified atom stereocenters. The molecule has 228 valence electrons. The molecule has 3 amide bonds. The SMILES string of the molecule is N#Cc1ccc(-c2ccc(OC(F)(F)F)c(CN[C@H]3CCN(C(=O)C4CC(=O)NC(=O)C4)C[C@H]3c3ccccc3)c2)c(F)c1. The molecule has 12 heteroatoms. The number of ether oxygens (including phenoxy) is 1. The molecule has 5 rings (SSSR count). The number of benzene rings is 3. The number of nitrogens with zero attached hydrogens (tertiary/aromatic N) is 2. The second-order valence-electron chi connectivity index (χ2n) is 10.8. The number of rotatable bonds is 7. The Morgan fingerprint density at radius 3 is 2.43 bits per heavy atom. The number of hydrogen-bond acceptors (Lipinski definition) is 6. The van der Waals surface area contributed by atoms with Crippen LogP contribution in [0.15, 0.2) is 66.7 Å². The molecule has 0 saturated carbocycles. The van der Waals surface area contributed by atoms with Crippen LogP contribution in [0.5, 0.6) is 5.75 Å². The van der Waals surface area contributed by atoms with E-state index in [9.17, 15) is 31.9 Å². The summed E-state index contributed by atoms with van der Waals surface area (Å²) in [6.07, 6.45) is -4.66. The van der Waals surface area contributed by atoms with Crippen LogP contribution in [0.3, 0.4) is 0 Å². The molecule has 2 N–H and O–H groups in total. The van der Waals surface area contributed by atoms with Crippen LogP contribution >= 0.6 is 0 Å². The zero-order valence-corrected chi connectivity index (χ0v) is 23.4. The van der Waals surface area contributed by atoms with Gasteiger partial charge in [0.05, 0.1) is 17.6 Å². The topological polar surface area (TPSA) is 112 Å². The normalized spacial score (nSPS) is 19.3. The molecular weight excluding hydrogens is 580 g/mol. The maximum Gasteiger partial charge on any atom is 0.573 e. The van der Waals surface area contributed by atoms with Gasteiger partial charge in [-0.05, 0) is 41.8 Å². The van der Waals surface area contributed by atoms with Crippen LogP contribution in [0.25, 0.3) is 11.1 Å². The van der Waals surface area contributed by atoms with E-state index in [1.807, 2.05) is 36.4 Å². The van der Waals surface area contributed by atoms with Crippen LogP contribution in [-0.2, 0) is 20.9 Å². The molecule has 0 bridgehead atoms. The summed E-state index contributed by atoms with van der Waals surface area (Å²) in [6.45, 7) is 0.528. The fourth-order valence-corrected chi connectivity index (χ4v) is 5.81. The van der Waals surface area contributed by atoms with E-state index in [0.717, 1.165) is 17.7 Å². The van der Waals surface area contributed by atoms with Crippen LogP contribution in [0.2, 0.25) is 0 Å². The van der Waals surface area contributed by atoms with Crippen LogP contribution in [0.1, 0.15) is 41.9 Å². The minimum Gasteiger partial charge on any atom is -0.405 e. The van der Waals surface area contributed by atoms with E-state index in [1.165, 1.54) is 24.3 Å². The Hall–Kier alpha value is -4.76. The van der Waals surface area contributed by atoms with Crippen molar-refractivity contribution < 1.29 is 36.7 Å². The van der Waals surface area contributed by atoms with Gasteiger partial charge in [0.25, 0.3) is 0 Å². The van der Waals surface area contributed by atoms with Gasteiger partial charge in [-0.25, -0.2) is 4.39 Å².